The molecule has 0 bridgehead atoms. The largest absolute Gasteiger partial charge is 0.279 e. The van der Waals surface area contributed by atoms with E-state index in [2.05, 4.69) is 9.71 Å². The molecule has 0 aliphatic heterocycles. The number of thiazole rings is 1. The number of halogens is 1. The smallest absolute Gasteiger partial charge is 0.273 e. The van der Waals surface area contributed by atoms with E-state index in [0.29, 0.717) is 0 Å². The Morgan fingerprint density at radius 2 is 1.95 bits per heavy atom. The van der Waals surface area contributed by atoms with Crippen LogP contribution in [0.4, 0.5) is 5.69 Å². The zero-order valence-electron chi connectivity index (χ0n) is 10.1. The second-order valence-corrected chi connectivity index (χ2v) is 9.38. The highest BCUT2D eigenvalue weighted by atomic mass is 35.5. The van der Waals surface area contributed by atoms with Crippen LogP contribution in [-0.4, -0.2) is 28.1 Å². The molecule has 10 heteroatoms. The van der Waals surface area contributed by atoms with Crippen LogP contribution >= 0.6 is 22.9 Å². The average molecular weight is 353 g/mol. The van der Waals surface area contributed by atoms with Gasteiger partial charge in [0.05, 0.1) is 16.8 Å². The Labute approximate surface area is 125 Å². The fourth-order valence-electron chi connectivity index (χ4n) is 1.36. The molecule has 0 aliphatic carbocycles. The Morgan fingerprint density at radius 3 is 2.50 bits per heavy atom. The van der Waals surface area contributed by atoms with Gasteiger partial charge in [-0.1, -0.05) is 29.0 Å². The van der Waals surface area contributed by atoms with Gasteiger partial charge in [-0.05, 0) is 18.2 Å². The molecule has 0 radical (unpaired) electrons. The van der Waals surface area contributed by atoms with E-state index in [1.165, 1.54) is 24.3 Å². The molecule has 1 N–H and O–H groups in total. The molecule has 0 atom stereocenters. The molecule has 2 aromatic rings. The first-order chi connectivity index (χ1) is 9.18. The maximum Gasteiger partial charge on any atom is 0.273 e. The standard InChI is InChI=1S/C10H9ClN2O4S3/c1-19(14,15)8-4-2-3-7(5-8)13-20(16,17)9-6-12-10(11)18-9/h2-6,13H,1H3. The SMILES string of the molecule is CS(=O)(=O)c1cccc(NS(=O)(=O)c2cnc(Cl)s2)c1. The quantitative estimate of drug-likeness (QED) is 0.908. The van der Waals surface area contributed by atoms with Gasteiger partial charge in [0.2, 0.25) is 0 Å². The lowest BCUT2D eigenvalue weighted by atomic mass is 10.3. The van der Waals surface area contributed by atoms with E-state index in [9.17, 15) is 16.8 Å². The molecule has 108 valence electrons. The van der Waals surface area contributed by atoms with E-state index in [0.717, 1.165) is 23.8 Å². The van der Waals surface area contributed by atoms with Crippen LogP contribution in [0.15, 0.2) is 39.6 Å². The molecule has 20 heavy (non-hydrogen) atoms. The molecule has 0 unspecified atom stereocenters. The Hall–Kier alpha value is -1.16. The summed E-state index contributed by atoms with van der Waals surface area (Å²) in [6, 6.07) is 5.54. The molecule has 1 aromatic heterocycles. The van der Waals surface area contributed by atoms with Crippen molar-refractivity contribution in [2.75, 3.05) is 11.0 Å². The number of nitrogens with one attached hydrogen (secondary N) is 1. The van der Waals surface area contributed by atoms with Crippen molar-refractivity contribution in [3.63, 3.8) is 0 Å². The second kappa shape index (κ2) is 5.32. The molecule has 1 aromatic carbocycles. The predicted octanol–water partition coefficient (Wildman–Crippen LogP) is 2.00. The van der Waals surface area contributed by atoms with Crippen LogP contribution in [0.1, 0.15) is 0 Å². The summed E-state index contributed by atoms with van der Waals surface area (Å²) in [5.74, 6) is 0. The topological polar surface area (TPSA) is 93.2 Å². The van der Waals surface area contributed by atoms with Crippen LogP contribution < -0.4 is 4.72 Å². The summed E-state index contributed by atoms with van der Waals surface area (Å²) >= 11 is 6.40. The maximum atomic E-state index is 12.0. The molecular formula is C10H9ClN2O4S3. The lowest BCUT2D eigenvalue weighted by Crippen LogP contribution is -2.12. The number of hydrogen-bond acceptors (Lipinski definition) is 6. The average Bonchev–Trinajstić information content (AvgIpc) is 2.75. The van der Waals surface area contributed by atoms with Crippen LogP contribution in [0.2, 0.25) is 4.47 Å². The number of sulfone groups is 1. The van der Waals surface area contributed by atoms with Crippen molar-refractivity contribution in [1.82, 2.24) is 4.98 Å². The Balaban J connectivity index is 2.35. The van der Waals surface area contributed by atoms with Crippen LogP contribution in [0.3, 0.4) is 0 Å². The summed E-state index contributed by atoms with van der Waals surface area (Å²) in [4.78, 5) is 3.68. The van der Waals surface area contributed by atoms with Gasteiger partial charge in [0.15, 0.2) is 18.5 Å². The van der Waals surface area contributed by atoms with Crippen LogP contribution in [0.25, 0.3) is 0 Å². The van der Waals surface area contributed by atoms with Gasteiger partial charge in [-0.2, -0.15) is 0 Å². The second-order valence-electron chi connectivity index (χ2n) is 3.84. The van der Waals surface area contributed by atoms with Gasteiger partial charge >= 0.3 is 0 Å². The zero-order valence-corrected chi connectivity index (χ0v) is 13.3. The summed E-state index contributed by atoms with van der Waals surface area (Å²) in [6.07, 6.45) is 2.18. The van der Waals surface area contributed by atoms with Gasteiger partial charge in [0.1, 0.15) is 0 Å². The number of rotatable bonds is 4. The number of nitrogens with zero attached hydrogens (tertiary/aromatic N) is 1. The highest BCUT2D eigenvalue weighted by Crippen LogP contribution is 2.25. The summed E-state index contributed by atoms with van der Waals surface area (Å²) in [5, 5.41) is 0. The van der Waals surface area contributed by atoms with Gasteiger partial charge in [-0.3, -0.25) is 4.72 Å². The minimum Gasteiger partial charge on any atom is -0.279 e. The monoisotopic (exact) mass is 352 g/mol. The first kappa shape index (κ1) is 15.2. The minimum absolute atomic E-state index is 0.0278. The van der Waals surface area contributed by atoms with E-state index < -0.39 is 19.9 Å². The lowest BCUT2D eigenvalue weighted by Gasteiger charge is -2.07. The Morgan fingerprint density at radius 1 is 1.25 bits per heavy atom. The summed E-state index contributed by atoms with van der Waals surface area (Å²) in [6.45, 7) is 0. The molecule has 0 spiro atoms. The van der Waals surface area contributed by atoms with Crippen molar-refractivity contribution in [2.24, 2.45) is 0 Å². The molecule has 0 aliphatic rings. The molecule has 1 heterocycles. The summed E-state index contributed by atoms with van der Waals surface area (Å²) in [5.41, 5.74) is 0.150. The fraction of sp³-hybridized carbons (Fsp3) is 0.100. The van der Waals surface area contributed by atoms with Gasteiger partial charge in [-0.15, -0.1) is 0 Å². The van der Waals surface area contributed by atoms with E-state index in [1.807, 2.05) is 0 Å². The third kappa shape index (κ3) is 3.48. The first-order valence-electron chi connectivity index (χ1n) is 5.13. The van der Waals surface area contributed by atoms with Crippen LogP contribution in [-0.2, 0) is 19.9 Å². The molecule has 0 fully saturated rings. The number of hydrogen-bond donors (Lipinski definition) is 1. The summed E-state index contributed by atoms with van der Waals surface area (Å²) < 4.78 is 49.2. The molecule has 0 saturated carbocycles. The van der Waals surface area contributed by atoms with Gasteiger partial charge in [0.25, 0.3) is 10.0 Å². The van der Waals surface area contributed by atoms with E-state index in [1.54, 1.807) is 0 Å². The van der Waals surface area contributed by atoms with Crippen molar-refractivity contribution in [3.8, 4) is 0 Å². The Kier molecular flexibility index (Phi) is 4.05. The zero-order chi connectivity index (χ0) is 15.0. The van der Waals surface area contributed by atoms with Gasteiger partial charge in [0, 0.05) is 6.26 Å². The van der Waals surface area contributed by atoms with Gasteiger partial charge < -0.3 is 0 Å². The minimum atomic E-state index is -3.83. The number of benzene rings is 1. The molecule has 6 nitrogen and oxygen atoms in total. The van der Waals surface area contributed by atoms with Crippen molar-refractivity contribution >= 4 is 48.5 Å². The molecule has 0 saturated heterocycles. The number of sulfonamides is 1. The van der Waals surface area contributed by atoms with E-state index in [4.69, 9.17) is 11.6 Å². The number of anilines is 1. The maximum absolute atomic E-state index is 12.0. The van der Waals surface area contributed by atoms with E-state index >= 15 is 0 Å². The molecular weight excluding hydrogens is 344 g/mol. The van der Waals surface area contributed by atoms with Crippen LogP contribution in [0, 0.1) is 0 Å². The molecule has 2 rings (SSSR count). The first-order valence-corrected chi connectivity index (χ1v) is 9.70. The van der Waals surface area contributed by atoms with Crippen molar-refractivity contribution in [2.45, 2.75) is 9.10 Å². The highest BCUT2D eigenvalue weighted by molar-refractivity contribution is 7.94. The third-order valence-corrected chi connectivity index (χ3v) is 6.30. The van der Waals surface area contributed by atoms with Crippen molar-refractivity contribution in [1.29, 1.82) is 0 Å². The highest BCUT2D eigenvalue weighted by Gasteiger charge is 2.18. The Bertz CT molecular complexity index is 843. The van der Waals surface area contributed by atoms with E-state index in [-0.39, 0.29) is 19.3 Å². The predicted molar refractivity (Wildman–Crippen MR) is 77.5 cm³/mol. The third-order valence-electron chi connectivity index (χ3n) is 2.24. The lowest BCUT2D eigenvalue weighted by molar-refractivity contribution is 0.600. The van der Waals surface area contributed by atoms with Crippen molar-refractivity contribution in [3.05, 3.63) is 34.9 Å². The fourth-order valence-corrected chi connectivity index (χ4v) is 4.37. The van der Waals surface area contributed by atoms with Crippen LogP contribution in [0.5, 0.6) is 0 Å². The normalized spacial score (nSPS) is 12.3. The molecule has 0 amide bonds. The number of aromatic nitrogens is 1. The van der Waals surface area contributed by atoms with Gasteiger partial charge in [-0.25, -0.2) is 21.8 Å². The summed E-state index contributed by atoms with van der Waals surface area (Å²) in [7, 11) is -7.24. The van der Waals surface area contributed by atoms with Crippen molar-refractivity contribution < 1.29 is 16.8 Å².